The van der Waals surface area contributed by atoms with Crippen molar-refractivity contribution < 1.29 is 0 Å². The molecule has 0 saturated heterocycles. The fourth-order valence-corrected chi connectivity index (χ4v) is 3.45. The molecule has 0 radical (unpaired) electrons. The van der Waals surface area contributed by atoms with Crippen molar-refractivity contribution in [2.45, 2.75) is 0 Å². The Labute approximate surface area is 127 Å². The number of hydrogen-bond donors (Lipinski definition) is 0. The van der Waals surface area contributed by atoms with Gasteiger partial charge in [0.2, 0.25) is 0 Å². The van der Waals surface area contributed by atoms with Crippen LogP contribution in [0.2, 0.25) is 0 Å². The predicted octanol–water partition coefficient (Wildman–Crippen LogP) is 5.69. The zero-order valence-corrected chi connectivity index (χ0v) is 12.0. The molecule has 0 aliphatic carbocycles. The number of rotatable bonds is 0. The van der Waals surface area contributed by atoms with Crippen LogP contribution in [0.1, 0.15) is 0 Å². The maximum atomic E-state index is 4.64. The Morgan fingerprint density at radius 3 is 2.23 bits per heavy atom. The Hall–Kier alpha value is -2.93. The molecule has 0 aliphatic heterocycles. The molecule has 0 spiro atoms. The van der Waals surface area contributed by atoms with E-state index in [1.54, 1.807) is 0 Å². The Morgan fingerprint density at radius 1 is 0.500 bits per heavy atom. The highest BCUT2D eigenvalue weighted by atomic mass is 14.6. The molecule has 1 heteroatoms. The topological polar surface area (TPSA) is 12.9 Å². The summed E-state index contributed by atoms with van der Waals surface area (Å²) in [6.45, 7) is 0. The smallest absolute Gasteiger partial charge is 0.0786 e. The van der Waals surface area contributed by atoms with Crippen molar-refractivity contribution in [3.8, 4) is 0 Å². The molecular formula is C21H13N. The average Bonchev–Trinajstić information content (AvgIpc) is 2.60. The maximum Gasteiger partial charge on any atom is 0.0786 e. The molecule has 0 amide bonds. The van der Waals surface area contributed by atoms with Gasteiger partial charge >= 0.3 is 0 Å². The fraction of sp³-hybridized carbons (Fsp3) is 0. The number of aromatic nitrogens is 1. The fourth-order valence-electron chi connectivity index (χ4n) is 3.45. The molecule has 1 nitrogen and oxygen atoms in total. The van der Waals surface area contributed by atoms with Gasteiger partial charge in [-0.3, -0.25) is 4.98 Å². The summed E-state index contributed by atoms with van der Waals surface area (Å²) < 4.78 is 0. The van der Waals surface area contributed by atoms with Gasteiger partial charge in [0, 0.05) is 17.0 Å². The van der Waals surface area contributed by atoms with Crippen LogP contribution < -0.4 is 0 Å². The summed E-state index contributed by atoms with van der Waals surface area (Å²) in [5.41, 5.74) is 1.08. The lowest BCUT2D eigenvalue weighted by atomic mass is 9.95. The molecule has 0 bridgehead atoms. The lowest BCUT2D eigenvalue weighted by Gasteiger charge is -2.09. The average molecular weight is 279 g/mol. The zero-order valence-electron chi connectivity index (χ0n) is 12.0. The first-order chi connectivity index (χ1) is 10.9. The highest BCUT2D eigenvalue weighted by molar-refractivity contribution is 6.23. The van der Waals surface area contributed by atoms with Gasteiger partial charge in [-0.1, -0.05) is 66.7 Å². The lowest BCUT2D eigenvalue weighted by molar-refractivity contribution is 1.43. The molecule has 102 valence electrons. The number of nitrogens with zero attached hydrogens (tertiary/aromatic N) is 1. The molecule has 0 N–H and O–H groups in total. The van der Waals surface area contributed by atoms with E-state index in [1.807, 2.05) is 12.3 Å². The molecule has 0 fully saturated rings. The van der Waals surface area contributed by atoms with Crippen LogP contribution in [-0.2, 0) is 0 Å². The Kier molecular flexibility index (Phi) is 2.28. The molecule has 22 heavy (non-hydrogen) atoms. The Bertz CT molecular complexity index is 1170. The second-order valence-corrected chi connectivity index (χ2v) is 5.69. The monoisotopic (exact) mass is 279 g/mol. The van der Waals surface area contributed by atoms with Crippen LogP contribution in [0.4, 0.5) is 0 Å². The predicted molar refractivity (Wildman–Crippen MR) is 94.3 cm³/mol. The second-order valence-electron chi connectivity index (χ2n) is 5.69. The van der Waals surface area contributed by atoms with Crippen LogP contribution >= 0.6 is 0 Å². The van der Waals surface area contributed by atoms with Crippen LogP contribution in [-0.4, -0.2) is 4.98 Å². The second kappa shape index (κ2) is 4.28. The van der Waals surface area contributed by atoms with E-state index in [1.165, 1.54) is 37.7 Å². The van der Waals surface area contributed by atoms with E-state index in [0.717, 1.165) is 5.52 Å². The van der Waals surface area contributed by atoms with E-state index < -0.39 is 0 Å². The van der Waals surface area contributed by atoms with E-state index in [0.29, 0.717) is 0 Å². The molecule has 0 atom stereocenters. The van der Waals surface area contributed by atoms with Gasteiger partial charge in [-0.05, 0) is 33.0 Å². The van der Waals surface area contributed by atoms with E-state index in [9.17, 15) is 0 Å². The van der Waals surface area contributed by atoms with Gasteiger partial charge in [-0.25, -0.2) is 0 Å². The molecule has 0 unspecified atom stereocenters. The van der Waals surface area contributed by atoms with E-state index >= 15 is 0 Å². The van der Waals surface area contributed by atoms with Crippen molar-refractivity contribution >= 4 is 43.2 Å². The van der Waals surface area contributed by atoms with Crippen LogP contribution in [0.3, 0.4) is 0 Å². The first kappa shape index (κ1) is 11.7. The number of pyridine rings is 1. The van der Waals surface area contributed by atoms with Gasteiger partial charge in [0.05, 0.1) is 5.52 Å². The molecule has 0 aliphatic rings. The number of benzene rings is 4. The van der Waals surface area contributed by atoms with Crippen molar-refractivity contribution in [1.82, 2.24) is 4.98 Å². The summed E-state index contributed by atoms with van der Waals surface area (Å²) >= 11 is 0. The van der Waals surface area contributed by atoms with Gasteiger partial charge in [0.1, 0.15) is 0 Å². The van der Waals surface area contributed by atoms with Gasteiger partial charge < -0.3 is 0 Å². The van der Waals surface area contributed by atoms with Crippen LogP contribution in [0, 0.1) is 0 Å². The largest absolute Gasteiger partial charge is 0.256 e. The van der Waals surface area contributed by atoms with Gasteiger partial charge in [0.25, 0.3) is 0 Å². The van der Waals surface area contributed by atoms with Crippen LogP contribution in [0.5, 0.6) is 0 Å². The normalized spacial score (nSPS) is 11.6. The van der Waals surface area contributed by atoms with E-state index in [4.69, 9.17) is 0 Å². The van der Waals surface area contributed by atoms with Gasteiger partial charge in [-0.15, -0.1) is 0 Å². The minimum atomic E-state index is 1.08. The first-order valence-electron chi connectivity index (χ1n) is 7.50. The summed E-state index contributed by atoms with van der Waals surface area (Å²) in [7, 11) is 0. The van der Waals surface area contributed by atoms with Crippen LogP contribution in [0.15, 0.2) is 79.0 Å². The molecule has 1 heterocycles. The first-order valence-corrected chi connectivity index (χ1v) is 7.50. The van der Waals surface area contributed by atoms with E-state index in [-0.39, 0.29) is 0 Å². The quantitative estimate of drug-likeness (QED) is 0.332. The highest BCUT2D eigenvalue weighted by Crippen LogP contribution is 2.34. The van der Waals surface area contributed by atoms with Crippen LogP contribution in [0.25, 0.3) is 43.2 Å². The van der Waals surface area contributed by atoms with E-state index in [2.05, 4.69) is 71.7 Å². The third-order valence-corrected chi connectivity index (χ3v) is 4.48. The summed E-state index contributed by atoms with van der Waals surface area (Å²) in [6.07, 6.45) is 1.88. The minimum Gasteiger partial charge on any atom is -0.256 e. The minimum absolute atomic E-state index is 1.08. The van der Waals surface area contributed by atoms with Crippen molar-refractivity contribution in [2.75, 3.05) is 0 Å². The lowest BCUT2D eigenvalue weighted by Crippen LogP contribution is -1.84. The molecule has 5 rings (SSSR count). The summed E-state index contributed by atoms with van der Waals surface area (Å²) in [4.78, 5) is 4.64. The molecular weight excluding hydrogens is 266 g/mol. The maximum absolute atomic E-state index is 4.64. The van der Waals surface area contributed by atoms with Gasteiger partial charge in [-0.2, -0.15) is 0 Å². The molecule has 5 aromatic rings. The third-order valence-electron chi connectivity index (χ3n) is 4.48. The Balaban J connectivity index is 2.11. The Morgan fingerprint density at radius 2 is 1.23 bits per heavy atom. The SMILES string of the molecule is c1ccc2c(c1)ccc1c2ccc2ccc3cccnc3c21. The molecule has 0 saturated carbocycles. The van der Waals surface area contributed by atoms with Crippen molar-refractivity contribution in [1.29, 1.82) is 0 Å². The highest BCUT2D eigenvalue weighted by Gasteiger charge is 2.08. The van der Waals surface area contributed by atoms with Crippen molar-refractivity contribution in [2.24, 2.45) is 0 Å². The standard InChI is InChI=1S/C21H13N/c1-2-6-17-14(4-1)9-12-19-18(17)11-10-15-7-8-16-5-3-13-22-21(16)20(15)19/h1-13H. The number of hydrogen-bond acceptors (Lipinski definition) is 1. The molecule has 4 aromatic carbocycles. The zero-order chi connectivity index (χ0) is 14.5. The summed E-state index contributed by atoms with van der Waals surface area (Å²) in [6, 6.07) is 25.9. The number of fused-ring (bicyclic) bond motifs is 7. The summed E-state index contributed by atoms with van der Waals surface area (Å²) in [5.74, 6) is 0. The van der Waals surface area contributed by atoms with Crippen molar-refractivity contribution in [3.63, 3.8) is 0 Å². The van der Waals surface area contributed by atoms with Gasteiger partial charge in [0.15, 0.2) is 0 Å². The molecule has 1 aromatic heterocycles. The summed E-state index contributed by atoms with van der Waals surface area (Å²) in [5, 5.41) is 8.84. The van der Waals surface area contributed by atoms with Crippen molar-refractivity contribution in [3.05, 3.63) is 79.0 Å². The third kappa shape index (κ3) is 1.51.